The Hall–Kier alpha value is -4.23. The molecule has 1 N–H and O–H groups in total. The molecule has 208 valence electrons. The molecule has 2 aromatic heterocycles. The highest BCUT2D eigenvalue weighted by Crippen LogP contribution is 2.44. The standard InChI is InChI=1S/C25H23F5N4O5/c1-23(2,3)24(4)12-33-19(34(24)22(36)37)10-18(32-21(33)35)38-11-13-7-15(26)20(16(27)8-13)39-14-5-6-31-17(9-14)25(28,29)30/h5-10H,11-12H2,1-4H3,(H,36,37). The molecule has 3 heterocycles. The summed E-state index contributed by atoms with van der Waals surface area (Å²) in [6.07, 6.45) is -5.28. The van der Waals surface area contributed by atoms with Gasteiger partial charge in [0.15, 0.2) is 17.4 Å². The monoisotopic (exact) mass is 554 g/mol. The zero-order chi connectivity index (χ0) is 28.9. The van der Waals surface area contributed by atoms with Gasteiger partial charge in [0, 0.05) is 18.3 Å². The number of carboxylic acid groups (broad SMARTS) is 1. The Morgan fingerprint density at radius 2 is 1.77 bits per heavy atom. The number of nitrogens with zero attached hydrogens (tertiary/aromatic N) is 4. The molecule has 1 aromatic carbocycles. The largest absolute Gasteiger partial charge is 0.473 e. The number of ether oxygens (including phenoxy) is 2. The smallest absolute Gasteiger partial charge is 0.433 e. The van der Waals surface area contributed by atoms with Gasteiger partial charge < -0.3 is 14.6 Å². The van der Waals surface area contributed by atoms with Crippen LogP contribution in [0.25, 0.3) is 0 Å². The maximum absolute atomic E-state index is 14.6. The zero-order valence-electron chi connectivity index (χ0n) is 21.1. The summed E-state index contributed by atoms with van der Waals surface area (Å²) >= 11 is 0. The second-order valence-electron chi connectivity index (χ2n) is 10.1. The lowest BCUT2D eigenvalue weighted by Crippen LogP contribution is -2.55. The Morgan fingerprint density at radius 1 is 1.13 bits per heavy atom. The number of hydrogen-bond acceptors (Lipinski definition) is 6. The average Bonchev–Trinajstić information content (AvgIpc) is 3.14. The molecule has 0 fully saturated rings. The summed E-state index contributed by atoms with van der Waals surface area (Å²) in [5.74, 6) is -4.10. The van der Waals surface area contributed by atoms with Crippen molar-refractivity contribution in [2.75, 3.05) is 4.90 Å². The average molecular weight is 554 g/mol. The van der Waals surface area contributed by atoms with Crippen molar-refractivity contribution < 1.29 is 41.3 Å². The fraction of sp³-hybridized carbons (Fsp3) is 0.360. The number of pyridine rings is 1. The van der Waals surface area contributed by atoms with Gasteiger partial charge in [0.1, 0.15) is 23.9 Å². The van der Waals surface area contributed by atoms with Gasteiger partial charge in [-0.15, -0.1) is 0 Å². The van der Waals surface area contributed by atoms with Crippen LogP contribution in [0, 0.1) is 17.0 Å². The van der Waals surface area contributed by atoms with Crippen LogP contribution in [0.1, 0.15) is 39.0 Å². The van der Waals surface area contributed by atoms with Crippen molar-refractivity contribution in [3.05, 3.63) is 69.9 Å². The molecule has 0 saturated heterocycles. The van der Waals surface area contributed by atoms with Crippen molar-refractivity contribution in [1.29, 1.82) is 0 Å². The third-order valence-corrected chi connectivity index (χ3v) is 6.65. The van der Waals surface area contributed by atoms with Crippen LogP contribution in [0.2, 0.25) is 0 Å². The number of aromatic nitrogens is 3. The molecule has 1 amide bonds. The fourth-order valence-electron chi connectivity index (χ4n) is 4.09. The number of benzene rings is 1. The van der Waals surface area contributed by atoms with Gasteiger partial charge in [0.25, 0.3) is 0 Å². The minimum absolute atomic E-state index is 0.0339. The van der Waals surface area contributed by atoms with Crippen LogP contribution in [0.5, 0.6) is 17.4 Å². The maximum Gasteiger partial charge on any atom is 0.433 e. The Morgan fingerprint density at radius 3 is 2.33 bits per heavy atom. The highest BCUT2D eigenvalue weighted by molar-refractivity contribution is 5.88. The highest BCUT2D eigenvalue weighted by atomic mass is 19.4. The van der Waals surface area contributed by atoms with E-state index in [9.17, 15) is 36.6 Å². The SMILES string of the molecule is CC(C)(C)C1(C)Cn2c(cc(OCc3cc(F)c(Oc4ccnc(C(F)(F)F)c4)c(F)c3)nc2=O)N1C(=O)O. The third-order valence-electron chi connectivity index (χ3n) is 6.65. The number of anilines is 1. The maximum atomic E-state index is 14.6. The Balaban J connectivity index is 1.56. The second-order valence-corrected chi connectivity index (χ2v) is 10.1. The summed E-state index contributed by atoms with van der Waals surface area (Å²) in [6.45, 7) is 6.81. The first kappa shape index (κ1) is 27.8. The number of fused-ring (bicyclic) bond motifs is 1. The van der Waals surface area contributed by atoms with E-state index in [1.807, 2.05) is 20.8 Å². The lowest BCUT2D eigenvalue weighted by atomic mass is 9.74. The minimum atomic E-state index is -4.78. The molecule has 14 heteroatoms. The molecular formula is C25H23F5N4O5. The molecule has 9 nitrogen and oxygen atoms in total. The van der Waals surface area contributed by atoms with Gasteiger partial charge in [-0.1, -0.05) is 20.8 Å². The van der Waals surface area contributed by atoms with Crippen molar-refractivity contribution in [2.24, 2.45) is 5.41 Å². The summed E-state index contributed by atoms with van der Waals surface area (Å²) in [5, 5.41) is 9.89. The molecule has 1 aliphatic rings. The van der Waals surface area contributed by atoms with Gasteiger partial charge in [-0.2, -0.15) is 18.2 Å². The van der Waals surface area contributed by atoms with Crippen LogP contribution in [0.3, 0.4) is 0 Å². The molecule has 1 atom stereocenters. The minimum Gasteiger partial charge on any atom is -0.473 e. The van der Waals surface area contributed by atoms with E-state index in [1.165, 1.54) is 10.6 Å². The van der Waals surface area contributed by atoms with Crippen molar-refractivity contribution in [3.8, 4) is 17.4 Å². The first-order valence-electron chi connectivity index (χ1n) is 11.5. The third kappa shape index (κ3) is 5.22. The van der Waals surface area contributed by atoms with Gasteiger partial charge in [-0.25, -0.2) is 18.4 Å². The quantitative estimate of drug-likeness (QED) is 0.409. The van der Waals surface area contributed by atoms with Crippen molar-refractivity contribution >= 4 is 11.9 Å². The van der Waals surface area contributed by atoms with Crippen LogP contribution in [0.15, 0.2) is 41.3 Å². The van der Waals surface area contributed by atoms with E-state index in [4.69, 9.17) is 9.47 Å². The fourth-order valence-corrected chi connectivity index (χ4v) is 4.09. The zero-order valence-corrected chi connectivity index (χ0v) is 21.1. The van der Waals surface area contributed by atoms with Crippen LogP contribution >= 0.6 is 0 Å². The number of alkyl halides is 3. The lowest BCUT2D eigenvalue weighted by Gasteiger charge is -2.43. The molecule has 39 heavy (non-hydrogen) atoms. The van der Waals surface area contributed by atoms with E-state index in [0.717, 1.165) is 29.3 Å². The number of hydrogen-bond donors (Lipinski definition) is 1. The number of halogens is 5. The summed E-state index contributed by atoms with van der Waals surface area (Å²) in [5.41, 5.74) is -3.66. The van der Waals surface area contributed by atoms with Crippen molar-refractivity contribution in [2.45, 2.75) is 52.6 Å². The predicted molar refractivity (Wildman–Crippen MR) is 127 cm³/mol. The number of carbonyl (C=O) groups is 1. The van der Waals surface area contributed by atoms with Gasteiger partial charge in [0.05, 0.1) is 12.1 Å². The molecule has 1 unspecified atom stereocenters. The van der Waals surface area contributed by atoms with Gasteiger partial charge in [-0.05, 0) is 36.1 Å². The molecule has 0 spiro atoms. The van der Waals surface area contributed by atoms with E-state index in [1.54, 1.807) is 6.92 Å². The van der Waals surface area contributed by atoms with Crippen molar-refractivity contribution in [3.63, 3.8) is 0 Å². The molecular weight excluding hydrogens is 531 g/mol. The molecule has 3 aromatic rings. The van der Waals surface area contributed by atoms with Gasteiger partial charge in [-0.3, -0.25) is 14.5 Å². The first-order valence-corrected chi connectivity index (χ1v) is 11.5. The van der Waals surface area contributed by atoms with Crippen molar-refractivity contribution in [1.82, 2.24) is 14.5 Å². The predicted octanol–water partition coefficient (Wildman–Crippen LogP) is 5.61. The van der Waals surface area contributed by atoms with Gasteiger partial charge >= 0.3 is 18.0 Å². The van der Waals surface area contributed by atoms with E-state index in [0.29, 0.717) is 6.07 Å². The van der Waals surface area contributed by atoms with E-state index in [-0.39, 0.29) is 23.8 Å². The Bertz CT molecular complexity index is 1480. The van der Waals surface area contributed by atoms with E-state index >= 15 is 0 Å². The number of rotatable bonds is 5. The molecule has 0 saturated carbocycles. The lowest BCUT2D eigenvalue weighted by molar-refractivity contribution is -0.141. The summed E-state index contributed by atoms with van der Waals surface area (Å²) in [4.78, 5) is 32.8. The molecule has 0 radical (unpaired) electrons. The van der Waals surface area contributed by atoms with E-state index in [2.05, 4.69) is 9.97 Å². The highest BCUT2D eigenvalue weighted by Gasteiger charge is 2.52. The van der Waals surface area contributed by atoms with Gasteiger partial charge in [0.2, 0.25) is 5.88 Å². The Kier molecular flexibility index (Phi) is 6.77. The Labute approximate surface area is 218 Å². The molecule has 0 aliphatic carbocycles. The van der Waals surface area contributed by atoms with Crippen LogP contribution < -0.4 is 20.1 Å². The molecule has 0 bridgehead atoms. The van der Waals surface area contributed by atoms with Crippen LogP contribution in [-0.2, 0) is 19.3 Å². The molecule has 1 aliphatic heterocycles. The summed E-state index contributed by atoms with van der Waals surface area (Å²) in [6, 6.07) is 4.43. The van der Waals surface area contributed by atoms with E-state index < -0.39 is 64.3 Å². The summed E-state index contributed by atoms with van der Waals surface area (Å²) in [7, 11) is 0. The molecule has 4 rings (SSSR count). The van der Waals surface area contributed by atoms with Crippen LogP contribution in [0.4, 0.5) is 32.6 Å². The topological polar surface area (TPSA) is 107 Å². The second kappa shape index (κ2) is 9.50. The normalized spacial score (nSPS) is 17.2. The van der Waals surface area contributed by atoms with Crippen LogP contribution in [-0.4, -0.2) is 31.3 Å². The first-order chi connectivity index (χ1) is 18.0. The summed E-state index contributed by atoms with van der Waals surface area (Å²) < 4.78 is 79.5. The number of amides is 1.